The molecule has 0 aliphatic rings. The Labute approximate surface area is 148 Å². The van der Waals surface area contributed by atoms with Crippen LogP contribution in [0.4, 0.5) is 0 Å². The molecule has 0 aromatic heterocycles. The van der Waals surface area contributed by atoms with Gasteiger partial charge in [0.15, 0.2) is 0 Å². The van der Waals surface area contributed by atoms with Crippen LogP contribution in [0.25, 0.3) is 0 Å². The fraction of sp³-hybridized carbons (Fsp3) is 0.526. The van der Waals surface area contributed by atoms with E-state index in [0.29, 0.717) is 19.8 Å². The molecule has 0 fully saturated rings. The molecule has 0 bridgehead atoms. The maximum atomic E-state index is 10.4. The van der Waals surface area contributed by atoms with Crippen molar-refractivity contribution in [1.82, 2.24) is 0 Å². The number of ether oxygens (including phenoxy) is 2. The van der Waals surface area contributed by atoms with Crippen LogP contribution in [-0.2, 0) is 14.3 Å². The minimum Gasteiger partial charge on any atom is -0.427 e. The highest BCUT2D eigenvalue weighted by Gasteiger charge is 2.19. The summed E-state index contributed by atoms with van der Waals surface area (Å²) in [7, 11) is 0. The van der Waals surface area contributed by atoms with Crippen LogP contribution in [0.1, 0.15) is 60.8 Å². The number of aliphatic imine (C=N–C) groups is 1. The van der Waals surface area contributed by atoms with Gasteiger partial charge in [0, 0.05) is 17.8 Å². The van der Waals surface area contributed by atoms with Crippen molar-refractivity contribution in [1.29, 1.82) is 10.5 Å². The molecule has 0 saturated heterocycles. The van der Waals surface area contributed by atoms with E-state index in [1.165, 1.54) is 0 Å². The molecule has 0 aliphatic heterocycles. The van der Waals surface area contributed by atoms with E-state index < -0.39 is 0 Å². The van der Waals surface area contributed by atoms with Gasteiger partial charge in [0.2, 0.25) is 6.08 Å². The maximum absolute atomic E-state index is 10.4. The van der Waals surface area contributed by atoms with Crippen molar-refractivity contribution in [3.8, 4) is 12.5 Å². The van der Waals surface area contributed by atoms with Crippen LogP contribution < -0.4 is 0 Å². The summed E-state index contributed by atoms with van der Waals surface area (Å²) in [5, 5.41) is 17.3. The van der Waals surface area contributed by atoms with Crippen LogP contribution in [0, 0.1) is 30.0 Å². The summed E-state index contributed by atoms with van der Waals surface area (Å²) in [5.41, 5.74) is 4.30. The Morgan fingerprint density at radius 3 is 2.04 bits per heavy atom. The lowest BCUT2D eigenvalue weighted by atomic mass is 9.84. The lowest BCUT2D eigenvalue weighted by Crippen LogP contribution is -2.12. The van der Waals surface area contributed by atoms with E-state index in [1.807, 2.05) is 27.7 Å². The van der Waals surface area contributed by atoms with Gasteiger partial charge in [0.25, 0.3) is 12.5 Å². The van der Waals surface area contributed by atoms with E-state index in [1.54, 1.807) is 18.6 Å². The molecule has 0 aliphatic carbocycles. The molecule has 1 rings (SSSR count). The van der Waals surface area contributed by atoms with E-state index in [2.05, 4.69) is 17.1 Å². The Kier molecular flexibility index (Phi) is 8.19. The lowest BCUT2D eigenvalue weighted by Gasteiger charge is -2.23. The lowest BCUT2D eigenvalue weighted by molar-refractivity contribution is 0.249. The van der Waals surface area contributed by atoms with Crippen LogP contribution in [0.3, 0.4) is 0 Å². The van der Waals surface area contributed by atoms with Crippen LogP contribution in [-0.4, -0.2) is 25.8 Å². The first-order valence-corrected chi connectivity index (χ1v) is 8.15. The largest absolute Gasteiger partial charge is 0.427 e. The molecule has 132 valence electrons. The number of hydrogen-bond donors (Lipinski definition) is 0. The van der Waals surface area contributed by atoms with Crippen LogP contribution in [0.2, 0.25) is 0 Å². The maximum Gasteiger partial charge on any atom is 0.286 e. The number of hydrogen-bond acceptors (Lipinski definition) is 6. The van der Waals surface area contributed by atoms with Crippen molar-refractivity contribution in [3.63, 3.8) is 0 Å². The second-order valence-corrected chi connectivity index (χ2v) is 6.26. The molecule has 0 amide bonds. The molecule has 1 aromatic carbocycles. The molecular formula is C19H23N3O3. The van der Waals surface area contributed by atoms with Gasteiger partial charge in [-0.05, 0) is 29.2 Å². The van der Waals surface area contributed by atoms with Crippen molar-refractivity contribution < 1.29 is 14.3 Å². The van der Waals surface area contributed by atoms with Gasteiger partial charge in [-0.25, -0.2) is 9.79 Å². The van der Waals surface area contributed by atoms with Gasteiger partial charge in [-0.2, -0.15) is 10.5 Å². The van der Waals surface area contributed by atoms with E-state index >= 15 is 0 Å². The second-order valence-electron chi connectivity index (χ2n) is 6.26. The van der Waals surface area contributed by atoms with E-state index in [4.69, 9.17) is 20.0 Å². The summed E-state index contributed by atoms with van der Waals surface area (Å²) < 4.78 is 9.78. The smallest absolute Gasteiger partial charge is 0.286 e. The third-order valence-electron chi connectivity index (χ3n) is 4.37. The molecule has 3 unspecified atom stereocenters. The zero-order valence-electron chi connectivity index (χ0n) is 15.1. The van der Waals surface area contributed by atoms with Gasteiger partial charge in [0.1, 0.15) is 13.2 Å². The Morgan fingerprint density at radius 2 is 1.52 bits per heavy atom. The summed E-state index contributed by atoms with van der Waals surface area (Å²) in [6.07, 6.45) is 4.98. The fourth-order valence-corrected chi connectivity index (χ4v) is 2.88. The number of rotatable bonds is 9. The molecule has 3 atom stereocenters. The average Bonchev–Trinajstić information content (AvgIpc) is 2.62. The van der Waals surface area contributed by atoms with Crippen molar-refractivity contribution in [2.24, 2.45) is 4.99 Å². The SMILES string of the molecule is Cc1c(C(C)CN=C=O)cc(C(C)COC#N)cc1C(C)COC#N. The molecular weight excluding hydrogens is 318 g/mol. The molecule has 0 heterocycles. The second kappa shape index (κ2) is 10.1. The van der Waals surface area contributed by atoms with Crippen molar-refractivity contribution >= 4 is 6.08 Å². The first-order chi connectivity index (χ1) is 12.0. The first kappa shape index (κ1) is 20.2. The Morgan fingerprint density at radius 1 is 1.00 bits per heavy atom. The Balaban J connectivity index is 3.31. The van der Waals surface area contributed by atoms with Gasteiger partial charge in [-0.1, -0.05) is 32.9 Å². The zero-order valence-corrected chi connectivity index (χ0v) is 15.1. The predicted molar refractivity (Wildman–Crippen MR) is 92.5 cm³/mol. The standard InChI is InChI=1S/C19H23N3O3/c1-13(7-22-12-23)18-5-17(14(2)8-24-10-20)6-19(16(18)4)15(3)9-25-11-21/h5-6,13-15H,7-9H2,1-4H3. The van der Waals surface area contributed by atoms with Crippen LogP contribution in [0.15, 0.2) is 17.1 Å². The van der Waals surface area contributed by atoms with Crippen molar-refractivity contribution in [3.05, 3.63) is 34.4 Å². The number of nitriles is 2. The number of isocyanates is 1. The molecule has 0 N–H and O–H groups in total. The molecule has 6 heteroatoms. The third kappa shape index (κ3) is 5.64. The molecule has 25 heavy (non-hydrogen) atoms. The van der Waals surface area contributed by atoms with Gasteiger partial charge in [-0.15, -0.1) is 0 Å². The minimum atomic E-state index is 0.0311. The van der Waals surface area contributed by atoms with Gasteiger partial charge in [0.05, 0.1) is 6.54 Å². The minimum absolute atomic E-state index is 0.0311. The summed E-state index contributed by atoms with van der Waals surface area (Å²) >= 11 is 0. The number of carbonyl (C=O) groups excluding carboxylic acids is 1. The van der Waals surface area contributed by atoms with Gasteiger partial charge in [-0.3, -0.25) is 0 Å². The Bertz CT molecular complexity index is 712. The highest BCUT2D eigenvalue weighted by Crippen LogP contribution is 2.32. The van der Waals surface area contributed by atoms with E-state index in [0.717, 1.165) is 22.3 Å². The molecule has 0 saturated carbocycles. The topological polar surface area (TPSA) is 95.5 Å². The molecule has 6 nitrogen and oxygen atoms in total. The zero-order chi connectivity index (χ0) is 18.8. The van der Waals surface area contributed by atoms with Crippen molar-refractivity contribution in [2.75, 3.05) is 19.8 Å². The average molecular weight is 341 g/mol. The molecule has 0 spiro atoms. The van der Waals surface area contributed by atoms with E-state index in [9.17, 15) is 4.79 Å². The van der Waals surface area contributed by atoms with Crippen LogP contribution >= 0.6 is 0 Å². The predicted octanol–water partition coefficient (Wildman–Crippen LogP) is 3.64. The van der Waals surface area contributed by atoms with Crippen LogP contribution in [0.5, 0.6) is 0 Å². The quantitative estimate of drug-likeness (QED) is 0.388. The number of nitrogens with zero attached hydrogens (tertiary/aromatic N) is 3. The highest BCUT2D eigenvalue weighted by atomic mass is 16.5. The van der Waals surface area contributed by atoms with Crippen molar-refractivity contribution in [2.45, 2.75) is 45.4 Å². The van der Waals surface area contributed by atoms with Gasteiger partial charge < -0.3 is 9.47 Å². The normalized spacial score (nSPS) is 13.5. The van der Waals surface area contributed by atoms with Gasteiger partial charge >= 0.3 is 0 Å². The molecule has 0 radical (unpaired) electrons. The summed E-state index contributed by atoms with van der Waals surface area (Å²) in [6.45, 7) is 8.96. The number of benzene rings is 1. The molecule has 1 aromatic rings. The van der Waals surface area contributed by atoms with E-state index in [-0.39, 0.29) is 17.8 Å². The summed E-state index contributed by atoms with van der Waals surface area (Å²) in [6, 6.07) is 4.15. The Hall–Kier alpha value is -2.82. The summed E-state index contributed by atoms with van der Waals surface area (Å²) in [4.78, 5) is 14.1. The fourth-order valence-electron chi connectivity index (χ4n) is 2.88. The third-order valence-corrected chi connectivity index (χ3v) is 4.37. The summed E-state index contributed by atoms with van der Waals surface area (Å²) in [5.74, 6) is 0.112. The first-order valence-electron chi connectivity index (χ1n) is 8.15. The monoisotopic (exact) mass is 341 g/mol. The highest BCUT2D eigenvalue weighted by molar-refractivity contribution is 5.44.